The van der Waals surface area contributed by atoms with E-state index in [1.807, 2.05) is 28.8 Å². The molecule has 1 N–H and O–H groups in total. The zero-order valence-electron chi connectivity index (χ0n) is 16.0. The second-order valence-electron chi connectivity index (χ2n) is 6.57. The van der Waals surface area contributed by atoms with E-state index in [0.29, 0.717) is 34.7 Å². The van der Waals surface area contributed by atoms with Gasteiger partial charge >= 0.3 is 0 Å². The second kappa shape index (κ2) is 9.15. The molecule has 1 amide bonds. The molecule has 1 aliphatic heterocycles. The summed E-state index contributed by atoms with van der Waals surface area (Å²) in [6.45, 7) is 1.40. The Morgan fingerprint density at radius 1 is 1.31 bits per heavy atom. The highest BCUT2D eigenvalue weighted by Crippen LogP contribution is 2.28. The van der Waals surface area contributed by atoms with Crippen molar-refractivity contribution in [2.24, 2.45) is 0 Å². The summed E-state index contributed by atoms with van der Waals surface area (Å²) in [6.07, 6.45) is 3.76. The first-order chi connectivity index (χ1) is 14.2. The van der Waals surface area contributed by atoms with Crippen LogP contribution in [0.5, 0.6) is 5.75 Å². The molecule has 1 fully saturated rings. The van der Waals surface area contributed by atoms with E-state index in [1.54, 1.807) is 25.5 Å². The summed E-state index contributed by atoms with van der Waals surface area (Å²) in [6, 6.07) is 11.0. The minimum absolute atomic E-state index is 0.112. The fourth-order valence-electron chi connectivity index (χ4n) is 3.20. The summed E-state index contributed by atoms with van der Waals surface area (Å²) >= 11 is 1.33. The molecule has 2 aromatic heterocycles. The van der Waals surface area contributed by atoms with E-state index in [9.17, 15) is 4.79 Å². The molecule has 9 heteroatoms. The molecule has 0 radical (unpaired) electrons. The van der Waals surface area contributed by atoms with Crippen LogP contribution in [0.25, 0.3) is 11.6 Å². The van der Waals surface area contributed by atoms with Crippen molar-refractivity contribution >= 4 is 23.4 Å². The predicted octanol–water partition coefficient (Wildman–Crippen LogP) is 3.46. The molecule has 1 saturated heterocycles. The Labute approximate surface area is 172 Å². The molecule has 8 nitrogen and oxygen atoms in total. The maximum atomic E-state index is 12.5. The van der Waals surface area contributed by atoms with Gasteiger partial charge in [-0.05, 0) is 37.1 Å². The Morgan fingerprint density at radius 2 is 2.21 bits per heavy atom. The first-order valence-electron chi connectivity index (χ1n) is 9.39. The van der Waals surface area contributed by atoms with Crippen LogP contribution in [0.4, 0.5) is 5.69 Å². The molecule has 0 aliphatic carbocycles. The van der Waals surface area contributed by atoms with Gasteiger partial charge in [0.2, 0.25) is 11.7 Å². The highest BCUT2D eigenvalue weighted by atomic mass is 32.2. The summed E-state index contributed by atoms with van der Waals surface area (Å²) in [4.78, 5) is 12.5. The van der Waals surface area contributed by atoms with Crippen molar-refractivity contribution in [2.45, 2.75) is 30.6 Å². The van der Waals surface area contributed by atoms with Gasteiger partial charge in [-0.25, -0.2) is 0 Å². The van der Waals surface area contributed by atoms with Gasteiger partial charge in [0.25, 0.3) is 0 Å². The van der Waals surface area contributed by atoms with Gasteiger partial charge in [-0.15, -0.1) is 10.2 Å². The number of hydrogen-bond acceptors (Lipinski definition) is 7. The summed E-state index contributed by atoms with van der Waals surface area (Å²) < 4.78 is 18.5. The Bertz CT molecular complexity index is 951. The monoisotopic (exact) mass is 414 g/mol. The van der Waals surface area contributed by atoms with Crippen LogP contribution in [-0.4, -0.2) is 46.2 Å². The molecule has 0 bridgehead atoms. The summed E-state index contributed by atoms with van der Waals surface area (Å²) in [5.41, 5.74) is 0.637. The standard InChI is InChI=1S/C20H22N4O4S/c1-26-16-8-3-2-7-15(16)21-18(25)13-29-20-23-22-19(17-9-5-11-28-17)24(20)12-14-6-4-10-27-14/h2-3,5,7-9,11,14H,4,6,10,12-13H2,1H3,(H,21,25). The zero-order valence-corrected chi connectivity index (χ0v) is 16.9. The minimum atomic E-state index is -0.147. The first kappa shape index (κ1) is 19.5. The molecular weight excluding hydrogens is 392 g/mol. The SMILES string of the molecule is COc1ccccc1NC(=O)CSc1nnc(-c2ccco2)n1CC1CCCO1. The molecule has 4 rings (SSSR count). The van der Waals surface area contributed by atoms with E-state index >= 15 is 0 Å². The molecule has 3 aromatic rings. The molecule has 3 heterocycles. The fraction of sp³-hybridized carbons (Fsp3) is 0.350. The highest BCUT2D eigenvalue weighted by molar-refractivity contribution is 7.99. The van der Waals surface area contributed by atoms with Crippen molar-refractivity contribution < 1.29 is 18.7 Å². The lowest BCUT2D eigenvalue weighted by molar-refractivity contribution is -0.113. The quantitative estimate of drug-likeness (QED) is 0.565. The summed E-state index contributed by atoms with van der Waals surface area (Å²) in [5, 5.41) is 12.1. The van der Waals surface area contributed by atoms with E-state index in [1.165, 1.54) is 11.8 Å². The summed E-state index contributed by atoms with van der Waals surface area (Å²) in [7, 11) is 1.57. The van der Waals surface area contributed by atoms with Gasteiger partial charge in [0.1, 0.15) is 5.75 Å². The average Bonchev–Trinajstić information content (AvgIpc) is 3.50. The fourth-order valence-corrected chi connectivity index (χ4v) is 3.95. The van der Waals surface area contributed by atoms with Crippen LogP contribution in [0.15, 0.2) is 52.2 Å². The van der Waals surface area contributed by atoms with Gasteiger partial charge in [0.15, 0.2) is 10.9 Å². The predicted molar refractivity (Wildman–Crippen MR) is 109 cm³/mol. The van der Waals surface area contributed by atoms with E-state index in [-0.39, 0.29) is 17.8 Å². The van der Waals surface area contributed by atoms with Gasteiger partial charge < -0.3 is 19.2 Å². The Balaban J connectivity index is 1.47. The molecule has 0 saturated carbocycles. The Kier molecular flexibility index (Phi) is 6.16. The molecule has 1 atom stereocenters. The number of methoxy groups -OCH3 is 1. The highest BCUT2D eigenvalue weighted by Gasteiger charge is 2.23. The maximum Gasteiger partial charge on any atom is 0.234 e. The molecule has 0 spiro atoms. The van der Waals surface area contributed by atoms with Gasteiger partial charge in [0.05, 0.1) is 37.5 Å². The number of thioether (sulfide) groups is 1. The lowest BCUT2D eigenvalue weighted by Gasteiger charge is -2.14. The number of carbonyl (C=O) groups excluding carboxylic acids is 1. The Hall–Kier alpha value is -2.78. The number of ether oxygens (including phenoxy) is 2. The van der Waals surface area contributed by atoms with Gasteiger partial charge in [-0.2, -0.15) is 0 Å². The van der Waals surface area contributed by atoms with Crippen LogP contribution in [0.1, 0.15) is 12.8 Å². The molecule has 152 valence electrons. The number of rotatable bonds is 8. The number of para-hydroxylation sites is 2. The van der Waals surface area contributed by atoms with Crippen molar-refractivity contribution in [3.63, 3.8) is 0 Å². The van der Waals surface area contributed by atoms with Crippen LogP contribution >= 0.6 is 11.8 Å². The number of aromatic nitrogens is 3. The van der Waals surface area contributed by atoms with Crippen molar-refractivity contribution in [1.82, 2.24) is 14.8 Å². The topological polar surface area (TPSA) is 91.4 Å². The van der Waals surface area contributed by atoms with Crippen LogP contribution in [-0.2, 0) is 16.1 Å². The number of hydrogen-bond donors (Lipinski definition) is 1. The van der Waals surface area contributed by atoms with E-state index in [2.05, 4.69) is 15.5 Å². The zero-order chi connectivity index (χ0) is 20.1. The van der Waals surface area contributed by atoms with E-state index in [4.69, 9.17) is 13.9 Å². The largest absolute Gasteiger partial charge is 0.495 e. The minimum Gasteiger partial charge on any atom is -0.495 e. The van der Waals surface area contributed by atoms with Crippen LogP contribution in [0.2, 0.25) is 0 Å². The third-order valence-corrected chi connectivity index (χ3v) is 5.55. The van der Waals surface area contributed by atoms with E-state index in [0.717, 1.165) is 19.4 Å². The molecule has 1 aromatic carbocycles. The van der Waals surface area contributed by atoms with Crippen LogP contribution in [0.3, 0.4) is 0 Å². The first-order valence-corrected chi connectivity index (χ1v) is 10.4. The number of furan rings is 1. The normalized spacial score (nSPS) is 16.1. The lowest BCUT2D eigenvalue weighted by Crippen LogP contribution is -2.18. The average molecular weight is 414 g/mol. The van der Waals surface area contributed by atoms with Crippen molar-refractivity contribution in [3.8, 4) is 17.3 Å². The second-order valence-corrected chi connectivity index (χ2v) is 7.51. The Morgan fingerprint density at radius 3 is 2.97 bits per heavy atom. The van der Waals surface area contributed by atoms with Crippen molar-refractivity contribution in [2.75, 3.05) is 24.8 Å². The van der Waals surface area contributed by atoms with Gasteiger partial charge in [-0.1, -0.05) is 23.9 Å². The number of nitrogens with zero attached hydrogens (tertiary/aromatic N) is 3. The number of anilines is 1. The third-order valence-electron chi connectivity index (χ3n) is 4.58. The number of amides is 1. The molecule has 1 unspecified atom stereocenters. The van der Waals surface area contributed by atoms with Gasteiger partial charge in [-0.3, -0.25) is 9.36 Å². The summed E-state index contributed by atoms with van der Waals surface area (Å²) in [5.74, 6) is 1.94. The van der Waals surface area contributed by atoms with E-state index < -0.39 is 0 Å². The number of nitrogens with one attached hydrogen (secondary N) is 1. The lowest BCUT2D eigenvalue weighted by atomic mass is 10.2. The van der Waals surface area contributed by atoms with Crippen LogP contribution in [0, 0.1) is 0 Å². The molecular formula is C20H22N4O4S. The molecule has 1 aliphatic rings. The smallest absolute Gasteiger partial charge is 0.234 e. The van der Waals surface area contributed by atoms with Crippen molar-refractivity contribution in [3.05, 3.63) is 42.7 Å². The van der Waals surface area contributed by atoms with Gasteiger partial charge in [0, 0.05) is 6.61 Å². The van der Waals surface area contributed by atoms with Crippen LogP contribution < -0.4 is 10.1 Å². The molecule has 29 heavy (non-hydrogen) atoms. The third kappa shape index (κ3) is 4.63. The number of benzene rings is 1. The maximum absolute atomic E-state index is 12.5. The number of carbonyl (C=O) groups is 1. The van der Waals surface area contributed by atoms with Crippen molar-refractivity contribution in [1.29, 1.82) is 0 Å².